The predicted molar refractivity (Wildman–Crippen MR) is 132 cm³/mol. The Morgan fingerprint density at radius 1 is 1.06 bits per heavy atom. The molecule has 1 unspecified atom stereocenters. The normalized spacial score (nSPS) is 16.8. The highest BCUT2D eigenvalue weighted by Crippen LogP contribution is 2.41. The SMILES string of the molecule is O=c1c(=Cc2ccc([N+](=O)[O-])cc2)sc2n1C(c1cccc(F)c1)C1=C(N=2)c2ccccc2CC1. The molecule has 0 saturated heterocycles. The van der Waals surface area contributed by atoms with Crippen molar-refractivity contribution in [2.24, 2.45) is 4.99 Å². The first kappa shape index (κ1) is 21.4. The van der Waals surface area contributed by atoms with Crippen molar-refractivity contribution in [3.63, 3.8) is 0 Å². The second-order valence-electron chi connectivity index (χ2n) is 8.52. The lowest BCUT2D eigenvalue weighted by Gasteiger charge is -2.30. The van der Waals surface area contributed by atoms with Gasteiger partial charge in [-0.25, -0.2) is 9.38 Å². The summed E-state index contributed by atoms with van der Waals surface area (Å²) in [6.07, 6.45) is 3.26. The number of fused-ring (bicyclic) bond motifs is 3. The van der Waals surface area contributed by atoms with Crippen LogP contribution in [0.2, 0.25) is 0 Å². The maximum Gasteiger partial charge on any atom is 0.271 e. The molecule has 1 aliphatic carbocycles. The predicted octanol–water partition coefficient (Wildman–Crippen LogP) is 4.37. The van der Waals surface area contributed by atoms with E-state index in [1.54, 1.807) is 28.8 Å². The number of aromatic nitrogens is 1. The molecule has 0 amide bonds. The van der Waals surface area contributed by atoms with Gasteiger partial charge in [0.05, 0.1) is 21.2 Å². The van der Waals surface area contributed by atoms with Crippen LogP contribution in [-0.2, 0) is 6.42 Å². The van der Waals surface area contributed by atoms with E-state index in [0.29, 0.717) is 20.5 Å². The number of aryl methyl sites for hydroxylation is 1. The maximum atomic E-state index is 14.3. The Morgan fingerprint density at radius 2 is 1.86 bits per heavy atom. The molecule has 4 aromatic rings. The van der Waals surface area contributed by atoms with Crippen molar-refractivity contribution in [1.29, 1.82) is 0 Å². The molecular weight excluding hydrogens is 465 g/mol. The molecule has 172 valence electrons. The van der Waals surface area contributed by atoms with E-state index in [-0.39, 0.29) is 17.1 Å². The number of hydrogen-bond donors (Lipinski definition) is 0. The molecule has 2 heterocycles. The molecule has 0 fully saturated rings. The van der Waals surface area contributed by atoms with Gasteiger partial charge in [0.25, 0.3) is 11.2 Å². The van der Waals surface area contributed by atoms with Crippen LogP contribution in [0.4, 0.5) is 10.1 Å². The molecular formula is C27H18FN3O3S. The number of benzene rings is 3. The Kier molecular flexibility index (Phi) is 5.04. The molecule has 1 aromatic heterocycles. The molecule has 1 aliphatic heterocycles. The average Bonchev–Trinajstić information content (AvgIpc) is 3.17. The molecule has 0 bridgehead atoms. The van der Waals surface area contributed by atoms with Crippen molar-refractivity contribution in [2.45, 2.75) is 18.9 Å². The van der Waals surface area contributed by atoms with Crippen LogP contribution in [0.5, 0.6) is 0 Å². The summed E-state index contributed by atoms with van der Waals surface area (Å²) >= 11 is 1.27. The van der Waals surface area contributed by atoms with E-state index >= 15 is 0 Å². The molecule has 0 radical (unpaired) electrons. The number of nitro benzene ring substituents is 1. The number of allylic oxidation sites excluding steroid dienone is 1. The molecule has 6 rings (SSSR count). The number of nitro groups is 1. The van der Waals surface area contributed by atoms with E-state index < -0.39 is 11.0 Å². The lowest BCUT2D eigenvalue weighted by molar-refractivity contribution is -0.384. The Bertz CT molecular complexity index is 1720. The van der Waals surface area contributed by atoms with Gasteiger partial charge in [0.2, 0.25) is 0 Å². The third-order valence-electron chi connectivity index (χ3n) is 6.44. The van der Waals surface area contributed by atoms with Crippen molar-refractivity contribution in [1.82, 2.24) is 4.57 Å². The van der Waals surface area contributed by atoms with Crippen LogP contribution in [0, 0.1) is 15.9 Å². The summed E-state index contributed by atoms with van der Waals surface area (Å²) in [5.74, 6) is -0.356. The summed E-state index contributed by atoms with van der Waals surface area (Å²) < 4.78 is 16.4. The van der Waals surface area contributed by atoms with Crippen LogP contribution < -0.4 is 14.9 Å². The van der Waals surface area contributed by atoms with E-state index in [2.05, 4.69) is 6.07 Å². The first-order valence-corrected chi connectivity index (χ1v) is 11.9. The largest absolute Gasteiger partial charge is 0.272 e. The van der Waals surface area contributed by atoms with Crippen LogP contribution >= 0.6 is 11.3 Å². The third kappa shape index (κ3) is 3.63. The highest BCUT2D eigenvalue weighted by molar-refractivity contribution is 7.07. The summed E-state index contributed by atoms with van der Waals surface area (Å²) in [5, 5.41) is 11.0. The van der Waals surface area contributed by atoms with Crippen LogP contribution in [-0.4, -0.2) is 9.49 Å². The van der Waals surface area contributed by atoms with Crippen molar-refractivity contribution < 1.29 is 9.31 Å². The lowest BCUT2D eigenvalue weighted by atomic mass is 9.83. The van der Waals surface area contributed by atoms with E-state index in [1.165, 1.54) is 41.2 Å². The molecule has 0 spiro atoms. The smallest absolute Gasteiger partial charge is 0.271 e. The minimum absolute atomic E-state index is 0.0129. The number of rotatable bonds is 3. The fraction of sp³-hybridized carbons (Fsp3) is 0.111. The van der Waals surface area contributed by atoms with Gasteiger partial charge in [0.15, 0.2) is 4.80 Å². The standard InChI is InChI=1S/C27H18FN3O3S/c28-19-6-3-5-18(15-19)25-22-13-10-17-4-1-2-7-21(17)24(22)29-27-30(25)26(32)23(35-27)14-16-8-11-20(12-9-16)31(33)34/h1-9,11-12,14-15,25H,10,13H2. The van der Waals surface area contributed by atoms with Crippen molar-refractivity contribution >= 4 is 28.8 Å². The number of thiazole rings is 1. The van der Waals surface area contributed by atoms with Crippen molar-refractivity contribution in [3.05, 3.63) is 136 Å². The Labute approximate surface area is 202 Å². The average molecular weight is 484 g/mol. The van der Waals surface area contributed by atoms with Gasteiger partial charge >= 0.3 is 0 Å². The number of hydrogen-bond acceptors (Lipinski definition) is 5. The molecule has 6 nitrogen and oxygen atoms in total. The quantitative estimate of drug-likeness (QED) is 0.321. The molecule has 35 heavy (non-hydrogen) atoms. The fourth-order valence-electron chi connectivity index (χ4n) is 4.84. The number of nitrogens with zero attached hydrogens (tertiary/aromatic N) is 3. The third-order valence-corrected chi connectivity index (χ3v) is 7.42. The fourth-order valence-corrected chi connectivity index (χ4v) is 5.84. The zero-order valence-electron chi connectivity index (χ0n) is 18.3. The first-order valence-electron chi connectivity index (χ1n) is 11.1. The van der Waals surface area contributed by atoms with E-state index in [0.717, 1.165) is 29.7 Å². The van der Waals surface area contributed by atoms with Crippen molar-refractivity contribution in [3.8, 4) is 0 Å². The zero-order chi connectivity index (χ0) is 24.1. The highest BCUT2D eigenvalue weighted by Gasteiger charge is 2.32. The number of halogens is 1. The Hall–Kier alpha value is -4.17. The second-order valence-corrected chi connectivity index (χ2v) is 9.53. The van der Waals surface area contributed by atoms with Crippen LogP contribution in [0.15, 0.2) is 88.2 Å². The topological polar surface area (TPSA) is 77.5 Å². The van der Waals surface area contributed by atoms with Gasteiger partial charge in [-0.15, -0.1) is 0 Å². The maximum absolute atomic E-state index is 14.3. The van der Waals surface area contributed by atoms with E-state index in [4.69, 9.17) is 4.99 Å². The van der Waals surface area contributed by atoms with Gasteiger partial charge < -0.3 is 0 Å². The van der Waals surface area contributed by atoms with Crippen LogP contribution in [0.1, 0.15) is 34.7 Å². The van der Waals surface area contributed by atoms with Gasteiger partial charge in [0, 0.05) is 17.7 Å². The molecule has 3 aromatic carbocycles. The van der Waals surface area contributed by atoms with Gasteiger partial charge in [-0.3, -0.25) is 19.5 Å². The minimum atomic E-state index is -0.459. The number of non-ortho nitro benzene ring substituents is 1. The summed E-state index contributed by atoms with van der Waals surface area (Å²) in [6.45, 7) is 0. The van der Waals surface area contributed by atoms with Crippen LogP contribution in [0.25, 0.3) is 11.8 Å². The van der Waals surface area contributed by atoms with Crippen LogP contribution in [0.3, 0.4) is 0 Å². The zero-order valence-corrected chi connectivity index (χ0v) is 19.2. The Balaban J connectivity index is 1.58. The molecule has 1 atom stereocenters. The van der Waals surface area contributed by atoms with Gasteiger partial charge in [-0.05, 0) is 65.4 Å². The summed E-state index contributed by atoms with van der Waals surface area (Å²) in [5.41, 5.74) is 5.26. The monoisotopic (exact) mass is 483 g/mol. The van der Waals surface area contributed by atoms with E-state index in [1.807, 2.05) is 24.3 Å². The Morgan fingerprint density at radius 3 is 2.63 bits per heavy atom. The second kappa shape index (κ2) is 8.25. The van der Waals surface area contributed by atoms with Gasteiger partial charge in [-0.2, -0.15) is 0 Å². The van der Waals surface area contributed by atoms with Gasteiger partial charge in [0.1, 0.15) is 5.82 Å². The first-order chi connectivity index (χ1) is 17.0. The summed E-state index contributed by atoms with van der Waals surface area (Å²) in [4.78, 5) is 29.6. The molecule has 0 N–H and O–H groups in total. The lowest BCUT2D eigenvalue weighted by Crippen LogP contribution is -2.38. The van der Waals surface area contributed by atoms with Crippen molar-refractivity contribution in [2.75, 3.05) is 0 Å². The molecule has 8 heteroatoms. The van der Waals surface area contributed by atoms with Gasteiger partial charge in [-0.1, -0.05) is 47.7 Å². The van der Waals surface area contributed by atoms with E-state index in [9.17, 15) is 19.3 Å². The molecule has 2 aliphatic rings. The summed E-state index contributed by atoms with van der Waals surface area (Å²) in [6, 6.07) is 20.1. The minimum Gasteiger partial charge on any atom is -0.272 e. The molecule has 0 saturated carbocycles. The highest BCUT2D eigenvalue weighted by atomic mass is 32.1. The summed E-state index contributed by atoms with van der Waals surface area (Å²) in [7, 11) is 0.